The number of amides is 2. The van der Waals surface area contributed by atoms with Crippen LogP contribution in [0.4, 0.5) is 0 Å². The van der Waals surface area contributed by atoms with Crippen LogP contribution in [0.15, 0.2) is 66.7 Å². The van der Waals surface area contributed by atoms with Crippen LogP contribution in [-0.4, -0.2) is 29.8 Å². The molecule has 0 radical (unpaired) electrons. The molecule has 0 saturated carbocycles. The molecule has 0 spiro atoms. The summed E-state index contributed by atoms with van der Waals surface area (Å²) in [5, 5.41) is 5.53. The van der Waals surface area contributed by atoms with E-state index in [-0.39, 0.29) is 11.8 Å². The summed E-state index contributed by atoms with van der Waals surface area (Å²) >= 11 is 6.29. The fourth-order valence-corrected chi connectivity index (χ4v) is 3.69. The topological polar surface area (TPSA) is 49.4 Å². The van der Waals surface area contributed by atoms with Crippen LogP contribution in [0.1, 0.15) is 24.5 Å². The molecule has 3 aromatic rings. The van der Waals surface area contributed by atoms with Gasteiger partial charge in [0.05, 0.1) is 0 Å². The van der Waals surface area contributed by atoms with Crippen LogP contribution in [0.25, 0.3) is 10.8 Å². The van der Waals surface area contributed by atoms with Gasteiger partial charge in [0.15, 0.2) is 0 Å². The number of aryl methyl sites for hydroxylation is 1. The van der Waals surface area contributed by atoms with E-state index >= 15 is 0 Å². The van der Waals surface area contributed by atoms with Gasteiger partial charge in [-0.15, -0.1) is 0 Å². The molecular formula is C24H25ClN2O2. The Morgan fingerprint density at radius 1 is 0.966 bits per heavy atom. The molecule has 1 atom stereocenters. The van der Waals surface area contributed by atoms with E-state index in [9.17, 15) is 9.59 Å². The number of halogens is 1. The van der Waals surface area contributed by atoms with Crippen molar-refractivity contribution in [2.24, 2.45) is 0 Å². The van der Waals surface area contributed by atoms with Crippen molar-refractivity contribution in [1.29, 1.82) is 0 Å². The molecule has 0 saturated heterocycles. The summed E-state index contributed by atoms with van der Waals surface area (Å²) in [5.41, 5.74) is 1.95. The monoisotopic (exact) mass is 408 g/mol. The highest BCUT2D eigenvalue weighted by Gasteiger charge is 2.25. The number of carbonyl (C=O) groups is 2. The maximum Gasteiger partial charge on any atom is 0.242 e. The van der Waals surface area contributed by atoms with Gasteiger partial charge in [-0.25, -0.2) is 0 Å². The van der Waals surface area contributed by atoms with Gasteiger partial charge in [-0.1, -0.05) is 72.3 Å². The predicted octanol–water partition coefficient (Wildman–Crippen LogP) is 4.59. The zero-order valence-corrected chi connectivity index (χ0v) is 17.4. The van der Waals surface area contributed by atoms with Crippen LogP contribution < -0.4 is 5.32 Å². The van der Waals surface area contributed by atoms with E-state index in [1.54, 1.807) is 24.9 Å². The third kappa shape index (κ3) is 4.96. The molecule has 29 heavy (non-hydrogen) atoms. The summed E-state index contributed by atoms with van der Waals surface area (Å²) in [5.74, 6) is -0.274. The SMILES string of the molecule is CNC(=O)[C@H](C)N(Cc1ccccc1Cl)C(=O)CCc1cccc2ccccc12. The minimum Gasteiger partial charge on any atom is -0.357 e. The number of likely N-dealkylation sites (N-methyl/N-ethyl adjacent to an activating group) is 1. The lowest BCUT2D eigenvalue weighted by Crippen LogP contribution is -2.46. The Hall–Kier alpha value is -2.85. The van der Waals surface area contributed by atoms with E-state index in [1.807, 2.05) is 36.4 Å². The van der Waals surface area contributed by atoms with Crippen molar-refractivity contribution in [2.45, 2.75) is 32.4 Å². The van der Waals surface area contributed by atoms with Gasteiger partial charge in [-0.05, 0) is 41.3 Å². The van der Waals surface area contributed by atoms with Crippen LogP contribution in [0.5, 0.6) is 0 Å². The van der Waals surface area contributed by atoms with Gasteiger partial charge in [0.1, 0.15) is 6.04 Å². The van der Waals surface area contributed by atoms with Gasteiger partial charge in [-0.3, -0.25) is 9.59 Å². The molecule has 150 valence electrons. The summed E-state index contributed by atoms with van der Waals surface area (Å²) < 4.78 is 0. The van der Waals surface area contributed by atoms with E-state index < -0.39 is 6.04 Å². The summed E-state index contributed by atoms with van der Waals surface area (Å²) in [6.07, 6.45) is 0.930. The zero-order valence-electron chi connectivity index (χ0n) is 16.7. The summed E-state index contributed by atoms with van der Waals surface area (Å²) in [6, 6.07) is 21.1. The second-order valence-corrected chi connectivity index (χ2v) is 7.45. The van der Waals surface area contributed by atoms with Crippen molar-refractivity contribution in [1.82, 2.24) is 10.2 Å². The number of hydrogen-bond donors (Lipinski definition) is 1. The van der Waals surface area contributed by atoms with Gasteiger partial charge in [0.2, 0.25) is 11.8 Å². The molecule has 0 aliphatic heterocycles. The molecule has 0 aromatic heterocycles. The molecule has 0 aliphatic carbocycles. The Labute approximate surface area is 176 Å². The van der Waals surface area contributed by atoms with Crippen molar-refractivity contribution in [3.63, 3.8) is 0 Å². The number of nitrogens with one attached hydrogen (secondary N) is 1. The minimum atomic E-state index is -0.587. The average Bonchev–Trinajstić information content (AvgIpc) is 2.75. The number of carbonyl (C=O) groups excluding carboxylic acids is 2. The van der Waals surface area contributed by atoms with Gasteiger partial charge in [0, 0.05) is 25.0 Å². The number of benzene rings is 3. The lowest BCUT2D eigenvalue weighted by Gasteiger charge is -2.29. The molecule has 5 heteroatoms. The average molecular weight is 409 g/mol. The first kappa shape index (κ1) is 20.9. The standard InChI is InChI=1S/C24H25ClN2O2/c1-17(24(29)26-2)27(16-20-9-4-6-13-22(20)25)23(28)15-14-19-11-7-10-18-8-3-5-12-21(18)19/h3-13,17H,14-16H2,1-2H3,(H,26,29)/t17-/m0/s1. The molecule has 0 unspecified atom stereocenters. The Morgan fingerprint density at radius 2 is 1.62 bits per heavy atom. The van der Waals surface area contributed by atoms with E-state index in [1.165, 1.54) is 0 Å². The molecular weight excluding hydrogens is 384 g/mol. The van der Waals surface area contributed by atoms with Crippen LogP contribution in [-0.2, 0) is 22.6 Å². The molecule has 1 N–H and O–H groups in total. The van der Waals surface area contributed by atoms with Gasteiger partial charge in [-0.2, -0.15) is 0 Å². The third-order valence-electron chi connectivity index (χ3n) is 5.20. The summed E-state index contributed by atoms with van der Waals surface area (Å²) in [6.45, 7) is 2.04. The van der Waals surface area contributed by atoms with Crippen molar-refractivity contribution in [3.8, 4) is 0 Å². The number of rotatable bonds is 7. The second-order valence-electron chi connectivity index (χ2n) is 7.04. The van der Waals surface area contributed by atoms with E-state index in [0.29, 0.717) is 24.4 Å². The first-order valence-electron chi connectivity index (χ1n) is 9.72. The lowest BCUT2D eigenvalue weighted by atomic mass is 10.0. The highest BCUT2D eigenvalue weighted by atomic mass is 35.5. The van der Waals surface area contributed by atoms with Gasteiger partial charge >= 0.3 is 0 Å². The third-order valence-corrected chi connectivity index (χ3v) is 5.57. The molecule has 3 aromatic carbocycles. The molecule has 3 rings (SSSR count). The number of nitrogens with zero attached hydrogens (tertiary/aromatic N) is 1. The van der Waals surface area contributed by atoms with E-state index in [4.69, 9.17) is 11.6 Å². The fraction of sp³-hybridized carbons (Fsp3) is 0.250. The maximum absolute atomic E-state index is 13.1. The first-order valence-corrected chi connectivity index (χ1v) is 10.1. The van der Waals surface area contributed by atoms with Crippen LogP contribution in [0, 0.1) is 0 Å². The zero-order chi connectivity index (χ0) is 20.8. The Bertz CT molecular complexity index is 1010. The summed E-state index contributed by atoms with van der Waals surface area (Å²) in [4.78, 5) is 27.0. The lowest BCUT2D eigenvalue weighted by molar-refractivity contribution is -0.140. The van der Waals surface area contributed by atoms with Gasteiger partial charge in [0.25, 0.3) is 0 Å². The molecule has 0 bridgehead atoms. The molecule has 0 aliphatic rings. The van der Waals surface area contributed by atoms with Crippen molar-refractivity contribution in [2.75, 3.05) is 7.05 Å². The Balaban J connectivity index is 1.80. The smallest absolute Gasteiger partial charge is 0.242 e. The number of fused-ring (bicyclic) bond motifs is 1. The molecule has 4 nitrogen and oxygen atoms in total. The van der Waals surface area contributed by atoms with Crippen molar-refractivity contribution < 1.29 is 9.59 Å². The maximum atomic E-state index is 13.1. The molecule has 0 fully saturated rings. The second kappa shape index (κ2) is 9.57. The Morgan fingerprint density at radius 3 is 2.38 bits per heavy atom. The highest BCUT2D eigenvalue weighted by molar-refractivity contribution is 6.31. The van der Waals surface area contributed by atoms with Crippen molar-refractivity contribution in [3.05, 3.63) is 82.9 Å². The van der Waals surface area contributed by atoms with Crippen LogP contribution in [0.2, 0.25) is 5.02 Å². The summed E-state index contributed by atoms with van der Waals surface area (Å²) in [7, 11) is 1.58. The largest absolute Gasteiger partial charge is 0.357 e. The predicted molar refractivity (Wildman–Crippen MR) is 118 cm³/mol. The highest BCUT2D eigenvalue weighted by Crippen LogP contribution is 2.22. The Kier molecular flexibility index (Phi) is 6.89. The normalized spacial score (nSPS) is 11.8. The molecule has 0 heterocycles. The van der Waals surface area contributed by atoms with Crippen LogP contribution in [0.3, 0.4) is 0 Å². The first-order chi connectivity index (χ1) is 14.0. The molecule has 2 amide bonds. The van der Waals surface area contributed by atoms with E-state index in [0.717, 1.165) is 21.9 Å². The van der Waals surface area contributed by atoms with Gasteiger partial charge < -0.3 is 10.2 Å². The van der Waals surface area contributed by atoms with Crippen LogP contribution >= 0.6 is 11.6 Å². The quantitative estimate of drug-likeness (QED) is 0.621. The minimum absolute atomic E-state index is 0.0750. The number of hydrogen-bond acceptors (Lipinski definition) is 2. The van der Waals surface area contributed by atoms with E-state index in [2.05, 4.69) is 29.6 Å². The van der Waals surface area contributed by atoms with Crippen molar-refractivity contribution >= 4 is 34.2 Å². The fourth-order valence-electron chi connectivity index (χ4n) is 3.50.